The SMILES string of the molecule is Cc1cc(C)c(O)c(C[C@@H](C)OC(=O)C(C)(C)C)c1. The predicted molar refractivity (Wildman–Crippen MR) is 76.3 cm³/mol. The molecule has 0 aliphatic heterocycles. The average Bonchev–Trinajstić information content (AvgIpc) is 2.23. The van der Waals surface area contributed by atoms with Crippen molar-refractivity contribution in [1.29, 1.82) is 0 Å². The van der Waals surface area contributed by atoms with E-state index in [1.54, 1.807) is 0 Å². The zero-order chi connectivity index (χ0) is 14.8. The van der Waals surface area contributed by atoms with Gasteiger partial charge in [-0.05, 0) is 52.7 Å². The minimum absolute atomic E-state index is 0.219. The predicted octanol–water partition coefficient (Wildman–Crippen LogP) is 3.53. The van der Waals surface area contributed by atoms with E-state index in [1.807, 2.05) is 53.7 Å². The zero-order valence-electron chi connectivity index (χ0n) is 12.7. The molecule has 0 saturated carbocycles. The molecule has 1 N–H and O–H groups in total. The van der Waals surface area contributed by atoms with Crippen molar-refractivity contribution in [2.24, 2.45) is 5.41 Å². The van der Waals surface area contributed by atoms with E-state index in [0.29, 0.717) is 12.2 Å². The molecule has 0 aromatic heterocycles. The van der Waals surface area contributed by atoms with E-state index in [1.165, 1.54) is 0 Å². The standard InChI is InChI=1S/C16H24O3/c1-10-7-11(2)14(17)13(8-10)9-12(3)19-15(18)16(4,5)6/h7-8,12,17H,9H2,1-6H3/t12-/m1/s1. The Kier molecular flexibility index (Phi) is 4.61. The molecular weight excluding hydrogens is 240 g/mol. The van der Waals surface area contributed by atoms with Crippen LogP contribution in [0.5, 0.6) is 5.75 Å². The van der Waals surface area contributed by atoms with E-state index in [4.69, 9.17) is 4.74 Å². The molecule has 0 heterocycles. The Bertz CT molecular complexity index is 470. The summed E-state index contributed by atoms with van der Waals surface area (Å²) in [6, 6.07) is 3.87. The summed E-state index contributed by atoms with van der Waals surface area (Å²) in [5, 5.41) is 10.0. The number of carbonyl (C=O) groups is 1. The summed E-state index contributed by atoms with van der Waals surface area (Å²) in [6.07, 6.45) is 0.273. The Morgan fingerprint density at radius 3 is 2.42 bits per heavy atom. The molecule has 1 rings (SSSR count). The van der Waals surface area contributed by atoms with Gasteiger partial charge in [-0.15, -0.1) is 0 Å². The van der Waals surface area contributed by atoms with Crippen LogP contribution in [0.25, 0.3) is 0 Å². The van der Waals surface area contributed by atoms with Crippen molar-refractivity contribution in [2.45, 2.75) is 54.1 Å². The third-order valence-corrected chi connectivity index (χ3v) is 2.95. The molecule has 0 aliphatic rings. The quantitative estimate of drug-likeness (QED) is 0.849. The van der Waals surface area contributed by atoms with Crippen LogP contribution in [0, 0.1) is 19.3 Å². The van der Waals surface area contributed by atoms with Gasteiger partial charge in [-0.3, -0.25) is 4.79 Å². The lowest BCUT2D eigenvalue weighted by atomic mass is 9.97. The van der Waals surface area contributed by atoms with E-state index in [9.17, 15) is 9.90 Å². The Hall–Kier alpha value is -1.51. The van der Waals surface area contributed by atoms with Gasteiger partial charge in [-0.25, -0.2) is 0 Å². The monoisotopic (exact) mass is 264 g/mol. The molecule has 0 amide bonds. The van der Waals surface area contributed by atoms with E-state index >= 15 is 0 Å². The first-order chi connectivity index (χ1) is 8.61. The molecule has 3 heteroatoms. The van der Waals surface area contributed by atoms with E-state index in [0.717, 1.165) is 16.7 Å². The lowest BCUT2D eigenvalue weighted by Crippen LogP contribution is -2.27. The molecule has 0 spiro atoms. The largest absolute Gasteiger partial charge is 0.507 e. The smallest absolute Gasteiger partial charge is 0.311 e. The number of aryl methyl sites for hydroxylation is 2. The summed E-state index contributed by atoms with van der Waals surface area (Å²) in [4.78, 5) is 11.8. The molecule has 106 valence electrons. The van der Waals surface area contributed by atoms with Crippen LogP contribution in [0.3, 0.4) is 0 Å². The van der Waals surface area contributed by atoms with Gasteiger partial charge in [0.05, 0.1) is 5.41 Å². The van der Waals surface area contributed by atoms with Crippen molar-refractivity contribution in [1.82, 2.24) is 0 Å². The number of rotatable bonds is 3. The van der Waals surface area contributed by atoms with E-state index in [2.05, 4.69) is 0 Å². The highest BCUT2D eigenvalue weighted by molar-refractivity contribution is 5.75. The van der Waals surface area contributed by atoms with Gasteiger partial charge in [0.1, 0.15) is 11.9 Å². The van der Waals surface area contributed by atoms with Gasteiger partial charge < -0.3 is 9.84 Å². The van der Waals surface area contributed by atoms with E-state index < -0.39 is 5.41 Å². The van der Waals surface area contributed by atoms with Crippen LogP contribution < -0.4 is 0 Å². The number of hydrogen-bond acceptors (Lipinski definition) is 3. The second-order valence-corrected chi connectivity index (χ2v) is 6.26. The summed E-state index contributed by atoms with van der Waals surface area (Å²) >= 11 is 0. The maximum atomic E-state index is 11.8. The van der Waals surface area contributed by atoms with Crippen molar-refractivity contribution >= 4 is 5.97 Å². The molecule has 19 heavy (non-hydrogen) atoms. The maximum absolute atomic E-state index is 11.8. The lowest BCUT2D eigenvalue weighted by molar-refractivity contribution is -0.157. The number of phenolic OH excluding ortho intramolecular Hbond substituents is 1. The first kappa shape index (κ1) is 15.5. The number of esters is 1. The van der Waals surface area contributed by atoms with Gasteiger partial charge in [0, 0.05) is 6.42 Å². The normalized spacial score (nSPS) is 13.2. The molecule has 0 bridgehead atoms. The maximum Gasteiger partial charge on any atom is 0.311 e. The average molecular weight is 264 g/mol. The fourth-order valence-corrected chi connectivity index (χ4v) is 1.91. The van der Waals surface area contributed by atoms with Gasteiger partial charge in [-0.1, -0.05) is 17.7 Å². The summed E-state index contributed by atoms with van der Waals surface area (Å²) < 4.78 is 5.40. The highest BCUT2D eigenvalue weighted by atomic mass is 16.5. The fourth-order valence-electron chi connectivity index (χ4n) is 1.91. The fraction of sp³-hybridized carbons (Fsp3) is 0.562. The first-order valence-electron chi connectivity index (χ1n) is 6.61. The molecular formula is C16H24O3. The third kappa shape index (κ3) is 4.27. The van der Waals surface area contributed by atoms with Crippen molar-refractivity contribution in [3.63, 3.8) is 0 Å². The summed E-state index contributed by atoms with van der Waals surface area (Å²) in [5.74, 6) is 0.0770. The first-order valence-corrected chi connectivity index (χ1v) is 6.61. The van der Waals surface area contributed by atoms with Crippen LogP contribution in [-0.2, 0) is 16.0 Å². The van der Waals surface area contributed by atoms with Crippen LogP contribution in [0.2, 0.25) is 0 Å². The minimum atomic E-state index is -0.501. The van der Waals surface area contributed by atoms with Crippen LogP contribution >= 0.6 is 0 Å². The van der Waals surface area contributed by atoms with Crippen molar-refractivity contribution in [2.75, 3.05) is 0 Å². The van der Waals surface area contributed by atoms with Gasteiger partial charge in [0.25, 0.3) is 0 Å². The van der Waals surface area contributed by atoms with Crippen LogP contribution in [0.1, 0.15) is 44.4 Å². The molecule has 1 atom stereocenters. The second-order valence-electron chi connectivity index (χ2n) is 6.26. The Morgan fingerprint density at radius 1 is 1.32 bits per heavy atom. The molecule has 3 nitrogen and oxygen atoms in total. The molecule has 1 aromatic carbocycles. The van der Waals surface area contributed by atoms with Gasteiger partial charge in [0.2, 0.25) is 0 Å². The molecule has 1 aromatic rings. The van der Waals surface area contributed by atoms with Crippen molar-refractivity contribution in [3.05, 3.63) is 28.8 Å². The van der Waals surface area contributed by atoms with Gasteiger partial charge in [0.15, 0.2) is 0 Å². The van der Waals surface area contributed by atoms with Crippen LogP contribution in [-0.4, -0.2) is 17.2 Å². The second kappa shape index (κ2) is 5.64. The van der Waals surface area contributed by atoms with Crippen LogP contribution in [0.4, 0.5) is 0 Å². The third-order valence-electron chi connectivity index (χ3n) is 2.95. The Balaban J connectivity index is 2.78. The Morgan fingerprint density at radius 2 is 1.89 bits per heavy atom. The molecule has 0 fully saturated rings. The number of hydrogen-bond donors (Lipinski definition) is 1. The zero-order valence-corrected chi connectivity index (χ0v) is 12.7. The van der Waals surface area contributed by atoms with E-state index in [-0.39, 0.29) is 12.1 Å². The van der Waals surface area contributed by atoms with Crippen LogP contribution in [0.15, 0.2) is 12.1 Å². The van der Waals surface area contributed by atoms with Gasteiger partial charge in [-0.2, -0.15) is 0 Å². The number of benzene rings is 1. The number of ether oxygens (including phenoxy) is 1. The number of carbonyl (C=O) groups excluding carboxylic acids is 1. The van der Waals surface area contributed by atoms with Crippen molar-refractivity contribution in [3.8, 4) is 5.75 Å². The topological polar surface area (TPSA) is 46.5 Å². The highest BCUT2D eigenvalue weighted by Crippen LogP contribution is 2.26. The molecule has 0 aliphatic carbocycles. The number of phenols is 1. The summed E-state index contributed by atoms with van der Waals surface area (Å²) in [5.41, 5.74) is 2.27. The van der Waals surface area contributed by atoms with Crippen molar-refractivity contribution < 1.29 is 14.6 Å². The molecule has 0 radical (unpaired) electrons. The number of aromatic hydroxyl groups is 1. The summed E-state index contributed by atoms with van der Waals surface area (Å²) in [7, 11) is 0. The van der Waals surface area contributed by atoms with Gasteiger partial charge >= 0.3 is 5.97 Å². The highest BCUT2D eigenvalue weighted by Gasteiger charge is 2.25. The molecule has 0 saturated heterocycles. The summed E-state index contributed by atoms with van der Waals surface area (Å²) in [6.45, 7) is 11.2. The minimum Gasteiger partial charge on any atom is -0.507 e. The molecule has 0 unspecified atom stereocenters. The Labute approximate surface area is 115 Å². The lowest BCUT2D eigenvalue weighted by Gasteiger charge is -2.21.